The van der Waals surface area contributed by atoms with E-state index >= 15 is 0 Å². The van der Waals surface area contributed by atoms with Gasteiger partial charge in [0.15, 0.2) is 0 Å². The highest BCUT2D eigenvalue weighted by atomic mass is 16.5. The van der Waals surface area contributed by atoms with Gasteiger partial charge in [0.05, 0.1) is 6.61 Å². The minimum absolute atomic E-state index is 0.00276. The Bertz CT molecular complexity index is 590. The van der Waals surface area contributed by atoms with Crippen LogP contribution in [0.1, 0.15) is 235 Å². The van der Waals surface area contributed by atoms with Crippen molar-refractivity contribution >= 4 is 11.9 Å². The minimum atomic E-state index is -0.0148. The second-order valence-electron chi connectivity index (χ2n) is 14.0. The third-order valence-corrected chi connectivity index (χ3v) is 9.04. The molecule has 0 spiro atoms. The normalized spacial score (nSPS) is 12.0. The van der Waals surface area contributed by atoms with E-state index in [1.165, 1.54) is 109 Å². The molecule has 4 heteroatoms. The lowest BCUT2D eigenvalue weighted by molar-refractivity contribution is -0.150. The van der Waals surface area contributed by atoms with Crippen molar-refractivity contribution in [3.8, 4) is 0 Å². The molecule has 0 aromatic heterocycles. The first-order valence-corrected chi connectivity index (χ1v) is 20.2. The average Bonchev–Trinajstić information content (AvgIpc) is 3.02. The van der Waals surface area contributed by atoms with Crippen molar-refractivity contribution in [3.63, 3.8) is 0 Å². The number of carbonyl (C=O) groups is 2. The van der Waals surface area contributed by atoms with Gasteiger partial charge >= 0.3 is 11.9 Å². The summed E-state index contributed by atoms with van der Waals surface area (Å²) >= 11 is 0. The van der Waals surface area contributed by atoms with Gasteiger partial charge in [-0.05, 0) is 57.8 Å². The van der Waals surface area contributed by atoms with Gasteiger partial charge in [-0.3, -0.25) is 9.59 Å². The van der Waals surface area contributed by atoms with Crippen molar-refractivity contribution in [1.29, 1.82) is 0 Å². The molecular weight excluding hydrogens is 556 g/mol. The SMILES string of the molecule is CCC.CCCCCCCC(CCCCCCCC(=O)OCC(CCCCC)(CCCCC)CCCCC)OC(=O)CCCC. The topological polar surface area (TPSA) is 52.6 Å². The van der Waals surface area contributed by atoms with Crippen molar-refractivity contribution in [3.05, 3.63) is 0 Å². The molecule has 1 unspecified atom stereocenters. The molecule has 0 aromatic rings. The van der Waals surface area contributed by atoms with Gasteiger partial charge in [0.1, 0.15) is 6.10 Å². The van der Waals surface area contributed by atoms with Crippen LogP contribution in [0.25, 0.3) is 0 Å². The lowest BCUT2D eigenvalue weighted by Crippen LogP contribution is -2.29. The first-order chi connectivity index (χ1) is 21.9. The van der Waals surface area contributed by atoms with Crippen LogP contribution in [-0.4, -0.2) is 24.6 Å². The Balaban J connectivity index is 0. The average molecular weight is 639 g/mol. The quantitative estimate of drug-likeness (QED) is 0.0543. The zero-order chi connectivity index (χ0) is 33.9. The molecule has 0 radical (unpaired) electrons. The summed E-state index contributed by atoms with van der Waals surface area (Å²) in [6.45, 7) is 16.0. The van der Waals surface area contributed by atoms with Gasteiger partial charge in [-0.2, -0.15) is 0 Å². The molecule has 45 heavy (non-hydrogen) atoms. The summed E-state index contributed by atoms with van der Waals surface area (Å²) in [5, 5.41) is 0. The monoisotopic (exact) mass is 639 g/mol. The van der Waals surface area contributed by atoms with E-state index in [1.54, 1.807) is 0 Å². The van der Waals surface area contributed by atoms with E-state index in [0.717, 1.165) is 64.2 Å². The number of esters is 2. The Morgan fingerprint density at radius 3 is 1.31 bits per heavy atom. The molecule has 0 saturated heterocycles. The predicted molar refractivity (Wildman–Crippen MR) is 197 cm³/mol. The highest BCUT2D eigenvalue weighted by Gasteiger charge is 2.30. The number of carbonyl (C=O) groups excluding carboxylic acids is 2. The van der Waals surface area contributed by atoms with Crippen LogP contribution in [-0.2, 0) is 19.1 Å². The van der Waals surface area contributed by atoms with Crippen LogP contribution in [0.4, 0.5) is 0 Å². The van der Waals surface area contributed by atoms with E-state index in [1.807, 2.05) is 0 Å². The van der Waals surface area contributed by atoms with E-state index in [9.17, 15) is 9.59 Å². The van der Waals surface area contributed by atoms with Crippen LogP contribution < -0.4 is 0 Å². The van der Waals surface area contributed by atoms with Crippen LogP contribution in [0, 0.1) is 5.41 Å². The van der Waals surface area contributed by atoms with E-state index < -0.39 is 0 Å². The van der Waals surface area contributed by atoms with E-state index in [2.05, 4.69) is 48.5 Å². The molecule has 0 amide bonds. The maximum absolute atomic E-state index is 12.7. The van der Waals surface area contributed by atoms with Gasteiger partial charge in [-0.1, -0.05) is 164 Å². The summed E-state index contributed by atoms with van der Waals surface area (Å²) in [4.78, 5) is 25.0. The molecule has 0 fully saturated rings. The zero-order valence-corrected chi connectivity index (χ0v) is 31.9. The summed E-state index contributed by atoms with van der Waals surface area (Å²) in [6.07, 6.45) is 32.9. The van der Waals surface area contributed by atoms with E-state index in [-0.39, 0.29) is 23.5 Å². The fourth-order valence-electron chi connectivity index (χ4n) is 6.12. The molecule has 4 nitrogen and oxygen atoms in total. The smallest absolute Gasteiger partial charge is 0.306 e. The van der Waals surface area contributed by atoms with Crippen LogP contribution in [0.5, 0.6) is 0 Å². The van der Waals surface area contributed by atoms with E-state index in [0.29, 0.717) is 19.4 Å². The van der Waals surface area contributed by atoms with Crippen LogP contribution >= 0.6 is 0 Å². The molecule has 0 aromatic carbocycles. The van der Waals surface area contributed by atoms with Gasteiger partial charge in [0.25, 0.3) is 0 Å². The first-order valence-electron chi connectivity index (χ1n) is 20.2. The number of ether oxygens (including phenoxy) is 2. The fourth-order valence-corrected chi connectivity index (χ4v) is 6.12. The maximum Gasteiger partial charge on any atom is 0.306 e. The minimum Gasteiger partial charge on any atom is -0.465 e. The fraction of sp³-hybridized carbons (Fsp3) is 0.951. The van der Waals surface area contributed by atoms with Gasteiger partial charge in [-0.25, -0.2) is 0 Å². The van der Waals surface area contributed by atoms with Crippen molar-refractivity contribution in [2.24, 2.45) is 5.41 Å². The molecular formula is C41H82O4. The van der Waals surface area contributed by atoms with Crippen molar-refractivity contribution in [2.75, 3.05) is 6.61 Å². The molecule has 0 rings (SSSR count). The van der Waals surface area contributed by atoms with Crippen molar-refractivity contribution in [2.45, 2.75) is 241 Å². The largest absolute Gasteiger partial charge is 0.465 e. The van der Waals surface area contributed by atoms with Crippen molar-refractivity contribution in [1.82, 2.24) is 0 Å². The van der Waals surface area contributed by atoms with Crippen LogP contribution in [0.3, 0.4) is 0 Å². The molecule has 0 aliphatic carbocycles. The molecule has 0 bridgehead atoms. The van der Waals surface area contributed by atoms with Gasteiger partial charge in [0.2, 0.25) is 0 Å². The number of hydrogen-bond donors (Lipinski definition) is 0. The Morgan fingerprint density at radius 2 is 0.844 bits per heavy atom. The Labute approximate surface area is 283 Å². The Morgan fingerprint density at radius 1 is 0.467 bits per heavy atom. The van der Waals surface area contributed by atoms with Gasteiger partial charge in [-0.15, -0.1) is 0 Å². The molecule has 1 atom stereocenters. The maximum atomic E-state index is 12.7. The summed E-state index contributed by atoms with van der Waals surface area (Å²) in [6, 6.07) is 0. The number of unbranched alkanes of at least 4 members (excludes halogenated alkanes) is 15. The summed E-state index contributed by atoms with van der Waals surface area (Å²) in [5.41, 5.74) is 0.182. The third kappa shape index (κ3) is 31.3. The summed E-state index contributed by atoms with van der Waals surface area (Å²) in [5.74, 6) is -0.0120. The van der Waals surface area contributed by atoms with Crippen LogP contribution in [0.15, 0.2) is 0 Å². The zero-order valence-electron chi connectivity index (χ0n) is 31.9. The summed E-state index contributed by atoms with van der Waals surface area (Å²) in [7, 11) is 0. The summed E-state index contributed by atoms with van der Waals surface area (Å²) < 4.78 is 11.9. The highest BCUT2D eigenvalue weighted by molar-refractivity contribution is 5.69. The van der Waals surface area contributed by atoms with E-state index in [4.69, 9.17) is 9.47 Å². The highest BCUT2D eigenvalue weighted by Crippen LogP contribution is 2.38. The Hall–Kier alpha value is -1.06. The number of rotatable bonds is 32. The second kappa shape index (κ2) is 35.8. The molecule has 0 heterocycles. The van der Waals surface area contributed by atoms with Gasteiger partial charge < -0.3 is 9.47 Å². The lowest BCUT2D eigenvalue weighted by atomic mass is 9.74. The van der Waals surface area contributed by atoms with Gasteiger partial charge in [0, 0.05) is 18.3 Å². The molecule has 0 aliphatic heterocycles. The third-order valence-electron chi connectivity index (χ3n) is 9.04. The second-order valence-corrected chi connectivity index (χ2v) is 14.0. The number of hydrogen-bond acceptors (Lipinski definition) is 4. The van der Waals surface area contributed by atoms with Crippen molar-refractivity contribution < 1.29 is 19.1 Å². The predicted octanol–water partition coefficient (Wildman–Crippen LogP) is 13.9. The lowest BCUT2D eigenvalue weighted by Gasteiger charge is -2.34. The molecule has 0 N–H and O–H groups in total. The molecule has 0 saturated carbocycles. The molecule has 270 valence electrons. The van der Waals surface area contributed by atoms with Crippen LogP contribution in [0.2, 0.25) is 0 Å². The Kier molecular flexibility index (Phi) is 36.6. The standard InChI is InChI=1S/C38H74O4.C3H8/c1-6-11-16-18-21-27-35(42-37(40)29-15-10-5)28-22-19-17-20-23-30-36(39)41-34-38(31-24-12-7-2,32-25-13-8-3)33-26-14-9-4;1-3-2/h35H,6-34H2,1-5H3;3H2,1-2H3. The first kappa shape index (κ1) is 46.1. The molecule has 0 aliphatic rings.